The lowest BCUT2D eigenvalue weighted by Gasteiger charge is -2.12. The minimum Gasteiger partial charge on any atom is -0.359 e. The van der Waals surface area contributed by atoms with Crippen molar-refractivity contribution in [1.29, 1.82) is 0 Å². The Bertz CT molecular complexity index is 960. The summed E-state index contributed by atoms with van der Waals surface area (Å²) in [6.45, 7) is 8.43. The predicted molar refractivity (Wildman–Crippen MR) is 135 cm³/mol. The number of rotatable bonds is 9. The van der Waals surface area contributed by atoms with Crippen molar-refractivity contribution < 1.29 is 4.52 Å². The van der Waals surface area contributed by atoms with Gasteiger partial charge in [0.1, 0.15) is 5.82 Å². The highest BCUT2D eigenvalue weighted by atomic mass is 127. The first-order valence-electron chi connectivity index (χ1n) is 10.6. The van der Waals surface area contributed by atoms with E-state index in [1.165, 1.54) is 11.1 Å². The van der Waals surface area contributed by atoms with Crippen molar-refractivity contribution in [3.63, 3.8) is 0 Å². The van der Waals surface area contributed by atoms with Gasteiger partial charge in [-0.15, -0.1) is 24.0 Å². The van der Waals surface area contributed by atoms with E-state index in [2.05, 4.69) is 68.4 Å². The van der Waals surface area contributed by atoms with Gasteiger partial charge in [0.05, 0.1) is 12.2 Å². The summed E-state index contributed by atoms with van der Waals surface area (Å²) in [4.78, 5) is 8.59. The number of guanidine groups is 1. The van der Waals surface area contributed by atoms with Crippen molar-refractivity contribution in [3.8, 4) is 0 Å². The first-order valence-corrected chi connectivity index (χ1v) is 10.6. The van der Waals surface area contributed by atoms with Crippen molar-refractivity contribution in [2.45, 2.75) is 59.2 Å². The van der Waals surface area contributed by atoms with E-state index < -0.39 is 0 Å². The first-order chi connectivity index (χ1) is 14.6. The van der Waals surface area contributed by atoms with Crippen molar-refractivity contribution >= 4 is 29.9 Å². The summed E-state index contributed by atoms with van der Waals surface area (Å²) < 4.78 is 7.62. The van der Waals surface area contributed by atoms with Gasteiger partial charge in [0, 0.05) is 44.5 Å². The lowest BCUT2D eigenvalue weighted by atomic mass is 9.99. The van der Waals surface area contributed by atoms with E-state index in [9.17, 15) is 0 Å². The largest absolute Gasteiger partial charge is 0.359 e. The van der Waals surface area contributed by atoms with Crippen molar-refractivity contribution in [2.24, 2.45) is 4.99 Å². The Morgan fingerprint density at radius 3 is 2.55 bits per heavy atom. The van der Waals surface area contributed by atoms with Gasteiger partial charge in [0.25, 0.3) is 0 Å². The zero-order valence-corrected chi connectivity index (χ0v) is 21.1. The number of aromatic nitrogens is 3. The second kappa shape index (κ2) is 12.5. The summed E-state index contributed by atoms with van der Waals surface area (Å²) >= 11 is 0. The van der Waals surface area contributed by atoms with Gasteiger partial charge >= 0.3 is 0 Å². The van der Waals surface area contributed by atoms with E-state index in [1.807, 2.05) is 25.4 Å². The highest BCUT2D eigenvalue weighted by molar-refractivity contribution is 14.0. The number of nitrogens with zero attached hydrogens (tertiary/aromatic N) is 4. The van der Waals surface area contributed by atoms with Gasteiger partial charge in [0.15, 0.2) is 11.7 Å². The standard InChI is InChI=1S/C23H32N6O.HI/c1-5-20(6-2)22-13-21(30-28-22)15-27-23(24-4)26-14-18-8-7-9-19(12-18)16-29-11-10-25-17(29)3;/h7-13,20H,5-6,14-16H2,1-4H3,(H2,24,26,27);1H. The Hall–Kier alpha value is -2.36. The molecule has 0 spiro atoms. The SMILES string of the molecule is CCC(CC)c1cc(CNC(=NC)NCc2cccc(Cn3ccnc3C)c2)on1.I. The van der Waals surface area contributed by atoms with E-state index in [0.29, 0.717) is 19.0 Å². The van der Waals surface area contributed by atoms with Crippen molar-refractivity contribution in [2.75, 3.05) is 7.05 Å². The van der Waals surface area contributed by atoms with Crippen molar-refractivity contribution in [3.05, 3.63) is 71.1 Å². The van der Waals surface area contributed by atoms with Crippen LogP contribution in [0.5, 0.6) is 0 Å². The fraction of sp³-hybridized carbons (Fsp3) is 0.435. The zero-order chi connectivity index (χ0) is 21.3. The number of aryl methyl sites for hydroxylation is 1. The van der Waals surface area contributed by atoms with E-state index in [4.69, 9.17) is 4.52 Å². The summed E-state index contributed by atoms with van der Waals surface area (Å²) in [6.07, 6.45) is 5.97. The average molecular weight is 536 g/mol. The van der Waals surface area contributed by atoms with Crippen LogP contribution in [0.3, 0.4) is 0 Å². The predicted octanol–water partition coefficient (Wildman–Crippen LogP) is 4.61. The second-order valence-electron chi connectivity index (χ2n) is 7.43. The third kappa shape index (κ3) is 7.09. The van der Waals surface area contributed by atoms with Gasteiger partial charge in [-0.25, -0.2) is 4.98 Å². The molecule has 3 aromatic rings. The number of hydrogen-bond acceptors (Lipinski definition) is 4. The number of hydrogen-bond donors (Lipinski definition) is 2. The highest BCUT2D eigenvalue weighted by Gasteiger charge is 2.13. The van der Waals surface area contributed by atoms with Gasteiger partial charge in [-0.05, 0) is 30.9 Å². The van der Waals surface area contributed by atoms with Crippen LogP contribution in [0.4, 0.5) is 0 Å². The van der Waals surface area contributed by atoms with Crippen molar-refractivity contribution in [1.82, 2.24) is 25.3 Å². The molecule has 2 aromatic heterocycles. The molecule has 0 aliphatic heterocycles. The molecule has 1 aromatic carbocycles. The maximum atomic E-state index is 5.48. The molecule has 0 aliphatic rings. The lowest BCUT2D eigenvalue weighted by molar-refractivity contribution is 0.368. The summed E-state index contributed by atoms with van der Waals surface area (Å²) in [5.74, 6) is 3.02. The topological polar surface area (TPSA) is 80.3 Å². The summed E-state index contributed by atoms with van der Waals surface area (Å²) in [5.41, 5.74) is 3.47. The molecule has 0 atom stereocenters. The van der Waals surface area contributed by atoms with Gasteiger partial charge in [-0.1, -0.05) is 43.3 Å². The van der Waals surface area contributed by atoms with Crippen LogP contribution in [-0.2, 0) is 19.6 Å². The minimum atomic E-state index is 0. The summed E-state index contributed by atoms with van der Waals surface area (Å²) in [5, 5.41) is 10.9. The average Bonchev–Trinajstić information content (AvgIpc) is 3.39. The summed E-state index contributed by atoms with van der Waals surface area (Å²) in [6, 6.07) is 10.6. The van der Waals surface area contributed by atoms with Crippen LogP contribution >= 0.6 is 24.0 Å². The zero-order valence-electron chi connectivity index (χ0n) is 18.8. The second-order valence-corrected chi connectivity index (χ2v) is 7.43. The molecule has 8 heteroatoms. The Labute approximate surface area is 201 Å². The minimum absolute atomic E-state index is 0. The monoisotopic (exact) mass is 536 g/mol. The first kappa shape index (κ1) is 24.9. The fourth-order valence-corrected chi connectivity index (χ4v) is 3.49. The molecule has 168 valence electrons. The van der Waals surface area contributed by atoms with E-state index in [0.717, 1.165) is 42.6 Å². The van der Waals surface area contributed by atoms with Crippen LogP contribution in [-0.4, -0.2) is 27.7 Å². The molecule has 2 N–H and O–H groups in total. The maximum absolute atomic E-state index is 5.48. The molecule has 0 radical (unpaired) electrons. The van der Waals surface area contributed by atoms with Gasteiger partial charge < -0.3 is 19.7 Å². The number of benzene rings is 1. The number of imidazole rings is 1. The number of halogens is 1. The molecule has 2 heterocycles. The van der Waals surface area contributed by atoms with Crippen LogP contribution in [0, 0.1) is 6.92 Å². The molecule has 0 fully saturated rings. The van der Waals surface area contributed by atoms with Crippen LogP contribution in [0.15, 0.2) is 52.2 Å². The van der Waals surface area contributed by atoms with Gasteiger partial charge in [0.2, 0.25) is 0 Å². The number of nitrogens with one attached hydrogen (secondary N) is 2. The molecule has 0 saturated carbocycles. The molecular formula is C23H33IN6O. The molecule has 0 aliphatic carbocycles. The molecule has 0 amide bonds. The lowest BCUT2D eigenvalue weighted by Crippen LogP contribution is -2.36. The maximum Gasteiger partial charge on any atom is 0.191 e. The summed E-state index contributed by atoms with van der Waals surface area (Å²) in [7, 11) is 1.77. The molecule has 3 rings (SSSR count). The molecule has 0 bridgehead atoms. The highest BCUT2D eigenvalue weighted by Crippen LogP contribution is 2.22. The Morgan fingerprint density at radius 1 is 1.13 bits per heavy atom. The van der Waals surface area contributed by atoms with Crippen LogP contribution in [0.1, 0.15) is 61.0 Å². The fourth-order valence-electron chi connectivity index (χ4n) is 3.49. The molecule has 31 heavy (non-hydrogen) atoms. The van der Waals surface area contributed by atoms with Crippen LogP contribution in [0.2, 0.25) is 0 Å². The third-order valence-electron chi connectivity index (χ3n) is 5.36. The van der Waals surface area contributed by atoms with Gasteiger partial charge in [-0.2, -0.15) is 0 Å². The Kier molecular flexibility index (Phi) is 10.0. The molecule has 0 saturated heterocycles. The molecule has 7 nitrogen and oxygen atoms in total. The van der Waals surface area contributed by atoms with Gasteiger partial charge in [-0.3, -0.25) is 4.99 Å². The molecular weight excluding hydrogens is 503 g/mol. The Balaban J connectivity index is 0.00000341. The van der Waals surface area contributed by atoms with E-state index in [-0.39, 0.29) is 24.0 Å². The smallest absolute Gasteiger partial charge is 0.191 e. The number of aliphatic imine (C=N–C) groups is 1. The van der Waals surface area contributed by atoms with E-state index in [1.54, 1.807) is 7.05 Å². The quantitative estimate of drug-likeness (QED) is 0.237. The third-order valence-corrected chi connectivity index (χ3v) is 5.36. The normalized spacial score (nSPS) is 11.5. The molecule has 0 unspecified atom stereocenters. The van der Waals surface area contributed by atoms with Crippen LogP contribution in [0.25, 0.3) is 0 Å². The Morgan fingerprint density at radius 2 is 1.87 bits per heavy atom. The van der Waals surface area contributed by atoms with Crippen LogP contribution < -0.4 is 10.6 Å². The van der Waals surface area contributed by atoms with E-state index >= 15 is 0 Å².